The van der Waals surface area contributed by atoms with Gasteiger partial charge in [-0.05, 0) is 29.5 Å². The van der Waals surface area contributed by atoms with Crippen LogP contribution in [0.5, 0.6) is 0 Å². The Morgan fingerprint density at radius 2 is 1.50 bits per heavy atom. The quantitative estimate of drug-likeness (QED) is 0.784. The molecule has 1 fully saturated rings. The van der Waals surface area contributed by atoms with E-state index in [9.17, 15) is 0 Å². The van der Waals surface area contributed by atoms with Gasteiger partial charge in [-0.3, -0.25) is 0 Å². The molecule has 0 bridgehead atoms. The fourth-order valence-corrected chi connectivity index (χ4v) is 2.32. The third-order valence-electron chi connectivity index (χ3n) is 3.61. The van der Waals surface area contributed by atoms with Crippen molar-refractivity contribution in [1.29, 1.82) is 0 Å². The van der Waals surface area contributed by atoms with E-state index >= 15 is 0 Å². The van der Waals surface area contributed by atoms with E-state index < -0.39 is 0 Å². The molecule has 2 aromatic rings. The molecule has 1 nitrogen and oxygen atoms in total. The summed E-state index contributed by atoms with van der Waals surface area (Å²) in [4.78, 5) is 0. The summed E-state index contributed by atoms with van der Waals surface area (Å²) in [5, 5.41) is 0. The van der Waals surface area contributed by atoms with Crippen molar-refractivity contribution in [3.05, 3.63) is 60.2 Å². The van der Waals surface area contributed by atoms with Crippen LogP contribution in [0.4, 0.5) is 0 Å². The number of hydrogen-bond donors (Lipinski definition) is 0. The monoisotopic (exact) mass is 238 g/mol. The summed E-state index contributed by atoms with van der Waals surface area (Å²) in [5.74, 6) is 0.791. The van der Waals surface area contributed by atoms with Crippen molar-refractivity contribution in [1.82, 2.24) is 0 Å². The highest BCUT2D eigenvalue weighted by Crippen LogP contribution is 2.21. The molecule has 0 saturated carbocycles. The lowest BCUT2D eigenvalue weighted by Gasteiger charge is -2.25. The third kappa shape index (κ3) is 2.62. The van der Waals surface area contributed by atoms with Crippen LogP contribution in [0, 0.1) is 5.92 Å². The lowest BCUT2D eigenvalue weighted by molar-refractivity contribution is -0.0352. The van der Waals surface area contributed by atoms with Crippen LogP contribution in [0.3, 0.4) is 0 Å². The van der Waals surface area contributed by atoms with E-state index in [0.29, 0.717) is 0 Å². The second kappa shape index (κ2) is 5.36. The number of ether oxygens (including phenoxy) is 1. The van der Waals surface area contributed by atoms with Gasteiger partial charge in [0.15, 0.2) is 0 Å². The van der Waals surface area contributed by atoms with E-state index in [1.165, 1.54) is 29.5 Å². The molecule has 0 spiro atoms. The molecule has 1 aliphatic heterocycles. The van der Waals surface area contributed by atoms with Crippen LogP contribution in [0.15, 0.2) is 54.6 Å². The summed E-state index contributed by atoms with van der Waals surface area (Å²) in [6.45, 7) is 1.92. The molecule has 1 saturated heterocycles. The number of hydrogen-bond acceptors (Lipinski definition) is 1. The highest BCUT2D eigenvalue weighted by molar-refractivity contribution is 5.63. The molecule has 1 aliphatic rings. The van der Waals surface area contributed by atoms with E-state index in [-0.39, 0.29) is 0 Å². The first-order valence-corrected chi connectivity index (χ1v) is 6.64. The van der Waals surface area contributed by atoms with E-state index in [0.717, 1.165) is 19.1 Å². The normalized spacial score (nSPS) is 15.3. The second-order valence-electron chi connectivity index (χ2n) is 5.01. The van der Waals surface area contributed by atoms with Crippen molar-refractivity contribution in [3.63, 3.8) is 0 Å². The molecule has 92 valence electrons. The van der Waals surface area contributed by atoms with Crippen LogP contribution in [0.25, 0.3) is 11.1 Å². The molecule has 0 atom stereocenters. The van der Waals surface area contributed by atoms with Crippen LogP contribution < -0.4 is 0 Å². The number of benzene rings is 2. The van der Waals surface area contributed by atoms with Crippen LogP contribution in [0.1, 0.15) is 12.0 Å². The Hall–Kier alpha value is -1.60. The van der Waals surface area contributed by atoms with Gasteiger partial charge in [-0.25, -0.2) is 0 Å². The summed E-state index contributed by atoms with van der Waals surface area (Å²) >= 11 is 0. The van der Waals surface area contributed by atoms with Crippen LogP contribution >= 0.6 is 0 Å². The van der Waals surface area contributed by atoms with Crippen molar-refractivity contribution in [2.45, 2.75) is 12.8 Å². The van der Waals surface area contributed by atoms with Crippen molar-refractivity contribution < 1.29 is 4.74 Å². The minimum Gasteiger partial charge on any atom is -0.381 e. The maximum absolute atomic E-state index is 5.20. The number of rotatable bonds is 4. The summed E-state index contributed by atoms with van der Waals surface area (Å²) in [6.07, 6.45) is 2.42. The molecule has 0 aromatic heterocycles. The number of aryl methyl sites for hydroxylation is 1. The minimum atomic E-state index is 0.791. The zero-order valence-electron chi connectivity index (χ0n) is 10.5. The average molecular weight is 238 g/mol. The highest BCUT2D eigenvalue weighted by Gasteiger charge is 2.17. The van der Waals surface area contributed by atoms with Crippen molar-refractivity contribution in [2.24, 2.45) is 5.92 Å². The first-order chi connectivity index (χ1) is 8.92. The summed E-state index contributed by atoms with van der Waals surface area (Å²) in [5.41, 5.74) is 4.02. The first kappa shape index (κ1) is 11.5. The Morgan fingerprint density at radius 1 is 0.833 bits per heavy atom. The SMILES string of the molecule is c1ccc(-c2ccc(CCC3COC3)cc2)cc1. The largest absolute Gasteiger partial charge is 0.381 e. The fourth-order valence-electron chi connectivity index (χ4n) is 2.32. The lowest BCUT2D eigenvalue weighted by atomic mass is 9.97. The molecule has 1 heteroatoms. The zero-order valence-corrected chi connectivity index (χ0v) is 10.5. The van der Waals surface area contributed by atoms with Gasteiger partial charge >= 0.3 is 0 Å². The zero-order chi connectivity index (χ0) is 12.2. The lowest BCUT2D eigenvalue weighted by Crippen LogP contribution is -2.27. The van der Waals surface area contributed by atoms with Crippen LogP contribution in [-0.2, 0) is 11.2 Å². The smallest absolute Gasteiger partial charge is 0.0516 e. The fraction of sp³-hybridized carbons (Fsp3) is 0.294. The van der Waals surface area contributed by atoms with Gasteiger partial charge in [-0.1, -0.05) is 54.6 Å². The van der Waals surface area contributed by atoms with Crippen LogP contribution in [0.2, 0.25) is 0 Å². The third-order valence-corrected chi connectivity index (χ3v) is 3.61. The predicted octanol–water partition coefficient (Wildman–Crippen LogP) is 3.93. The standard InChI is InChI=1S/C17H18O/c1-2-4-16(5-3-1)17-10-8-14(9-11-17)6-7-15-12-18-13-15/h1-5,8-11,15H,6-7,12-13H2. The van der Waals surface area contributed by atoms with Crippen molar-refractivity contribution >= 4 is 0 Å². The molecule has 0 unspecified atom stereocenters. The summed E-state index contributed by atoms with van der Waals surface area (Å²) in [6, 6.07) is 19.5. The maximum atomic E-state index is 5.20. The van der Waals surface area contributed by atoms with Crippen LogP contribution in [-0.4, -0.2) is 13.2 Å². The highest BCUT2D eigenvalue weighted by atomic mass is 16.5. The van der Waals surface area contributed by atoms with Gasteiger partial charge in [0.1, 0.15) is 0 Å². The van der Waals surface area contributed by atoms with Gasteiger partial charge in [0.25, 0.3) is 0 Å². The summed E-state index contributed by atoms with van der Waals surface area (Å²) in [7, 11) is 0. The average Bonchev–Trinajstić information content (AvgIpc) is 2.39. The maximum Gasteiger partial charge on any atom is 0.0516 e. The van der Waals surface area contributed by atoms with E-state index in [1.807, 2.05) is 0 Å². The Bertz CT molecular complexity index is 483. The van der Waals surface area contributed by atoms with Gasteiger partial charge in [-0.15, -0.1) is 0 Å². The molecule has 0 amide bonds. The van der Waals surface area contributed by atoms with E-state index in [2.05, 4.69) is 54.6 Å². The van der Waals surface area contributed by atoms with Gasteiger partial charge in [0, 0.05) is 5.92 Å². The molecule has 1 heterocycles. The van der Waals surface area contributed by atoms with E-state index in [4.69, 9.17) is 4.74 Å². The van der Waals surface area contributed by atoms with Crippen molar-refractivity contribution in [3.8, 4) is 11.1 Å². The van der Waals surface area contributed by atoms with Gasteiger partial charge in [0.05, 0.1) is 13.2 Å². The molecule has 0 radical (unpaired) electrons. The molecule has 0 aliphatic carbocycles. The molecule has 3 rings (SSSR count). The molecular formula is C17H18O. The van der Waals surface area contributed by atoms with Gasteiger partial charge < -0.3 is 4.74 Å². The Morgan fingerprint density at radius 3 is 2.11 bits per heavy atom. The second-order valence-corrected chi connectivity index (χ2v) is 5.01. The molecule has 2 aromatic carbocycles. The van der Waals surface area contributed by atoms with Gasteiger partial charge in [0.2, 0.25) is 0 Å². The Labute approximate surface area is 108 Å². The van der Waals surface area contributed by atoms with Crippen molar-refractivity contribution in [2.75, 3.05) is 13.2 Å². The molecule has 0 N–H and O–H groups in total. The topological polar surface area (TPSA) is 9.23 Å². The predicted molar refractivity (Wildman–Crippen MR) is 74.5 cm³/mol. The molecular weight excluding hydrogens is 220 g/mol. The Balaban J connectivity index is 1.65. The molecule has 18 heavy (non-hydrogen) atoms. The Kier molecular flexibility index (Phi) is 3.42. The van der Waals surface area contributed by atoms with E-state index in [1.54, 1.807) is 0 Å². The van der Waals surface area contributed by atoms with Gasteiger partial charge in [-0.2, -0.15) is 0 Å². The first-order valence-electron chi connectivity index (χ1n) is 6.64. The summed E-state index contributed by atoms with van der Waals surface area (Å²) < 4.78 is 5.20. The minimum absolute atomic E-state index is 0.791.